The monoisotopic (exact) mass is 410 g/mol. The molecular weight excluding hydrogens is 380 g/mol. The number of benzene rings is 2. The molecule has 0 unspecified atom stereocenters. The highest BCUT2D eigenvalue weighted by Crippen LogP contribution is 2.22. The largest absolute Gasteiger partial charge is 0.484 e. The Balaban J connectivity index is 1.61. The first kappa shape index (κ1) is 21.6. The van der Waals surface area contributed by atoms with Gasteiger partial charge in [0.15, 0.2) is 6.61 Å². The molecule has 0 aromatic heterocycles. The summed E-state index contributed by atoms with van der Waals surface area (Å²) in [4.78, 5) is 30.5. The average Bonchev–Trinajstić information content (AvgIpc) is 2.76. The summed E-state index contributed by atoms with van der Waals surface area (Å²) in [6.07, 6.45) is 0. The van der Waals surface area contributed by atoms with Gasteiger partial charge < -0.3 is 24.8 Å². The third-order valence-electron chi connectivity index (χ3n) is 5.23. The van der Waals surface area contributed by atoms with E-state index in [0.717, 1.165) is 31.7 Å². The summed E-state index contributed by atoms with van der Waals surface area (Å²) in [6.45, 7) is 4.41. The Morgan fingerprint density at radius 3 is 2.50 bits per heavy atom. The molecule has 0 saturated carbocycles. The number of carbonyl (C=O) groups excluding carboxylic acids is 2. The van der Waals surface area contributed by atoms with Crippen LogP contribution in [0.25, 0.3) is 0 Å². The molecule has 1 aliphatic rings. The van der Waals surface area contributed by atoms with E-state index in [4.69, 9.17) is 4.74 Å². The number of piperazine rings is 1. The molecule has 1 fully saturated rings. The van der Waals surface area contributed by atoms with Crippen molar-refractivity contribution >= 4 is 17.5 Å². The predicted molar refractivity (Wildman–Crippen MR) is 118 cm³/mol. The van der Waals surface area contributed by atoms with Gasteiger partial charge in [-0.1, -0.05) is 24.3 Å². The Hall–Kier alpha value is -3.06. The van der Waals surface area contributed by atoms with Crippen molar-refractivity contribution in [3.8, 4) is 5.75 Å². The van der Waals surface area contributed by atoms with Gasteiger partial charge in [-0.2, -0.15) is 0 Å². The van der Waals surface area contributed by atoms with E-state index in [2.05, 4.69) is 34.3 Å². The molecule has 7 heteroatoms. The maximum Gasteiger partial charge on any atom is 0.259 e. The number of likely N-dealkylation sites (N-methyl/N-ethyl adjacent to an activating group) is 2. The summed E-state index contributed by atoms with van der Waals surface area (Å²) in [6, 6.07) is 15.1. The summed E-state index contributed by atoms with van der Waals surface area (Å²) in [5.41, 5.74) is 2.77. The molecule has 2 amide bonds. The van der Waals surface area contributed by atoms with Crippen molar-refractivity contribution in [2.45, 2.75) is 6.54 Å². The number of hydrogen-bond donors (Lipinski definition) is 1. The molecule has 1 N–H and O–H groups in total. The third-order valence-corrected chi connectivity index (χ3v) is 5.23. The lowest BCUT2D eigenvalue weighted by molar-refractivity contribution is -0.130. The molecule has 2 aromatic rings. The first-order valence-electron chi connectivity index (χ1n) is 10.2. The topological polar surface area (TPSA) is 65.1 Å². The normalized spacial score (nSPS) is 14.3. The molecule has 7 nitrogen and oxygen atoms in total. The van der Waals surface area contributed by atoms with Crippen molar-refractivity contribution < 1.29 is 14.3 Å². The Morgan fingerprint density at radius 1 is 1.03 bits per heavy atom. The van der Waals surface area contributed by atoms with E-state index in [1.54, 1.807) is 38.4 Å². The highest BCUT2D eigenvalue weighted by atomic mass is 16.5. The number of para-hydroxylation sites is 1. The first-order chi connectivity index (χ1) is 14.4. The molecule has 1 heterocycles. The zero-order valence-electron chi connectivity index (χ0n) is 17.9. The second-order valence-electron chi connectivity index (χ2n) is 7.71. The van der Waals surface area contributed by atoms with E-state index in [-0.39, 0.29) is 18.4 Å². The summed E-state index contributed by atoms with van der Waals surface area (Å²) >= 11 is 0. The van der Waals surface area contributed by atoms with E-state index >= 15 is 0 Å². The van der Waals surface area contributed by atoms with Crippen molar-refractivity contribution in [1.82, 2.24) is 15.1 Å². The molecule has 0 atom stereocenters. The fourth-order valence-corrected chi connectivity index (χ4v) is 3.30. The summed E-state index contributed by atoms with van der Waals surface area (Å²) in [7, 11) is 5.49. The maximum absolute atomic E-state index is 12.7. The Bertz CT molecular complexity index is 876. The zero-order chi connectivity index (χ0) is 21.5. The van der Waals surface area contributed by atoms with Gasteiger partial charge in [-0.05, 0) is 36.9 Å². The Morgan fingerprint density at radius 2 is 1.77 bits per heavy atom. The van der Waals surface area contributed by atoms with Crippen molar-refractivity contribution in [2.24, 2.45) is 0 Å². The third kappa shape index (κ3) is 5.73. The van der Waals surface area contributed by atoms with Crippen LogP contribution in [0.1, 0.15) is 15.9 Å². The first-order valence-corrected chi connectivity index (χ1v) is 10.2. The highest BCUT2D eigenvalue weighted by Gasteiger charge is 2.17. The molecule has 160 valence electrons. The number of amides is 2. The molecule has 0 aliphatic carbocycles. The lowest BCUT2D eigenvalue weighted by atomic mass is 10.1. The van der Waals surface area contributed by atoms with Crippen molar-refractivity contribution in [3.63, 3.8) is 0 Å². The SMILES string of the molecule is CN1CCN(c2ccccc2CNC(=O)c2cccc(OCC(=O)N(C)C)c2)CC1. The van der Waals surface area contributed by atoms with Crippen LogP contribution < -0.4 is 15.0 Å². The van der Waals surface area contributed by atoms with E-state index < -0.39 is 0 Å². The lowest BCUT2D eigenvalue weighted by Gasteiger charge is -2.35. The number of anilines is 1. The number of nitrogens with zero attached hydrogens (tertiary/aromatic N) is 3. The van der Waals surface area contributed by atoms with Gasteiger partial charge >= 0.3 is 0 Å². The minimum absolute atomic E-state index is 0.0591. The number of ether oxygens (including phenoxy) is 1. The van der Waals surface area contributed by atoms with Crippen LogP contribution in [-0.2, 0) is 11.3 Å². The number of carbonyl (C=O) groups is 2. The summed E-state index contributed by atoms with van der Waals surface area (Å²) < 4.78 is 5.51. The predicted octanol–water partition coefficient (Wildman–Crippen LogP) is 1.84. The van der Waals surface area contributed by atoms with Crippen LogP contribution in [-0.4, -0.2) is 75.5 Å². The number of hydrogen-bond acceptors (Lipinski definition) is 5. The zero-order valence-corrected chi connectivity index (χ0v) is 17.9. The van der Waals surface area contributed by atoms with Gasteiger partial charge in [-0.15, -0.1) is 0 Å². The fourth-order valence-electron chi connectivity index (χ4n) is 3.30. The average molecular weight is 411 g/mol. The van der Waals surface area contributed by atoms with Gasteiger partial charge in [0.05, 0.1) is 0 Å². The van der Waals surface area contributed by atoms with Crippen LogP contribution >= 0.6 is 0 Å². The number of rotatable bonds is 7. The van der Waals surface area contributed by atoms with Crippen LogP contribution in [0.3, 0.4) is 0 Å². The summed E-state index contributed by atoms with van der Waals surface area (Å²) in [5.74, 6) is 0.189. The van der Waals surface area contributed by atoms with Gasteiger partial charge in [0.1, 0.15) is 5.75 Å². The molecule has 1 aliphatic heterocycles. The van der Waals surface area contributed by atoms with Crippen molar-refractivity contribution in [3.05, 3.63) is 59.7 Å². The standard InChI is InChI=1S/C23H30N4O3/c1-25(2)22(28)17-30-20-9-6-8-18(15-20)23(29)24-16-19-7-4-5-10-21(19)27-13-11-26(3)12-14-27/h4-10,15H,11-14,16-17H2,1-3H3,(H,24,29). The van der Waals surface area contributed by atoms with Crippen LogP contribution in [0.4, 0.5) is 5.69 Å². The van der Waals surface area contributed by atoms with Crippen LogP contribution in [0.15, 0.2) is 48.5 Å². The van der Waals surface area contributed by atoms with Crippen LogP contribution in [0.5, 0.6) is 5.75 Å². The van der Waals surface area contributed by atoms with E-state index in [1.165, 1.54) is 10.6 Å². The number of nitrogens with one attached hydrogen (secondary N) is 1. The van der Waals surface area contributed by atoms with Gasteiger partial charge in [-0.3, -0.25) is 9.59 Å². The minimum atomic E-state index is -0.174. The van der Waals surface area contributed by atoms with Gasteiger partial charge in [0.25, 0.3) is 11.8 Å². The van der Waals surface area contributed by atoms with Gasteiger partial charge in [0, 0.05) is 58.1 Å². The molecule has 0 bridgehead atoms. The maximum atomic E-state index is 12.7. The minimum Gasteiger partial charge on any atom is -0.484 e. The van der Waals surface area contributed by atoms with Gasteiger partial charge in [-0.25, -0.2) is 0 Å². The molecule has 2 aromatic carbocycles. The highest BCUT2D eigenvalue weighted by molar-refractivity contribution is 5.94. The molecule has 30 heavy (non-hydrogen) atoms. The van der Waals surface area contributed by atoms with Crippen molar-refractivity contribution in [2.75, 3.05) is 58.8 Å². The quantitative estimate of drug-likeness (QED) is 0.755. The molecule has 0 spiro atoms. The van der Waals surface area contributed by atoms with E-state index in [9.17, 15) is 9.59 Å². The van der Waals surface area contributed by atoms with Crippen LogP contribution in [0.2, 0.25) is 0 Å². The van der Waals surface area contributed by atoms with Gasteiger partial charge in [0.2, 0.25) is 0 Å². The molecule has 1 saturated heterocycles. The fraction of sp³-hybridized carbons (Fsp3) is 0.391. The second kappa shape index (κ2) is 10.1. The smallest absolute Gasteiger partial charge is 0.259 e. The summed E-state index contributed by atoms with van der Waals surface area (Å²) in [5, 5.41) is 3.01. The van der Waals surface area contributed by atoms with E-state index in [0.29, 0.717) is 17.9 Å². The van der Waals surface area contributed by atoms with Crippen LogP contribution in [0, 0.1) is 0 Å². The molecular formula is C23H30N4O3. The lowest BCUT2D eigenvalue weighted by Crippen LogP contribution is -2.45. The Labute approximate surface area is 178 Å². The van der Waals surface area contributed by atoms with E-state index in [1.807, 2.05) is 12.1 Å². The Kier molecular flexibility index (Phi) is 7.30. The van der Waals surface area contributed by atoms with Crippen molar-refractivity contribution in [1.29, 1.82) is 0 Å². The molecule has 0 radical (unpaired) electrons. The second-order valence-corrected chi connectivity index (χ2v) is 7.71. The molecule has 3 rings (SSSR count).